The molecule has 0 spiro atoms. The fraction of sp³-hybridized carbons (Fsp3) is 0.196. The summed E-state index contributed by atoms with van der Waals surface area (Å²) in [6.45, 7) is 12.1. The minimum Gasteiger partial charge on any atom is -0.457 e. The van der Waals surface area contributed by atoms with Gasteiger partial charge in [0.2, 0.25) is 0 Å². The average Bonchev–Trinajstić information content (AvgIpc) is 3.78. The van der Waals surface area contributed by atoms with Crippen LogP contribution in [0, 0.1) is 0 Å². The molecule has 0 radical (unpaired) electrons. The Balaban J connectivity index is 1.06. The number of para-hydroxylation sites is 3. The number of nitrogens with zero attached hydrogens (tertiary/aromatic N) is 4. The van der Waals surface area contributed by atoms with E-state index in [-0.39, 0.29) is 5.41 Å². The lowest BCUT2D eigenvalue weighted by Crippen LogP contribution is -2.24. The molecular weight excluding hydrogens is 685 g/mol. The molecule has 8 aromatic rings. The molecule has 0 saturated carbocycles. The van der Waals surface area contributed by atoms with Crippen molar-refractivity contribution in [2.24, 2.45) is 0 Å². The highest BCUT2D eigenvalue weighted by Gasteiger charge is 2.29. The lowest BCUT2D eigenvalue weighted by Gasteiger charge is -2.26. The van der Waals surface area contributed by atoms with Crippen molar-refractivity contribution in [3.63, 3.8) is 0 Å². The van der Waals surface area contributed by atoms with Crippen LogP contribution in [0.1, 0.15) is 64.5 Å². The predicted octanol–water partition coefficient (Wildman–Crippen LogP) is 14.1. The molecule has 0 aliphatic carbocycles. The van der Waals surface area contributed by atoms with E-state index >= 15 is 0 Å². The molecule has 9 rings (SSSR count). The summed E-state index contributed by atoms with van der Waals surface area (Å²) in [5.41, 5.74) is 11.9. The van der Waals surface area contributed by atoms with Crippen molar-refractivity contribution < 1.29 is 4.74 Å². The molecule has 56 heavy (non-hydrogen) atoms. The third-order valence-corrected chi connectivity index (χ3v) is 11.4. The van der Waals surface area contributed by atoms with E-state index < -0.39 is 0 Å². The number of pyridine rings is 1. The summed E-state index contributed by atoms with van der Waals surface area (Å²) in [5.74, 6) is 3.01. The van der Waals surface area contributed by atoms with E-state index in [1.165, 1.54) is 50.1 Å². The highest BCUT2D eigenvalue weighted by Crippen LogP contribution is 2.46. The van der Waals surface area contributed by atoms with Crippen LogP contribution in [-0.2, 0) is 5.41 Å². The SMILES string of the molecule is CCC(CC)c1ccnc(-n2c3ccccc3c3ccc(Oc4cccc(N5CN(c6cc(-c7ccccc7)cc(C(C)(C)C)c6)c6ccccc65)c4)cc32)c1. The minimum absolute atomic E-state index is 0.00472. The Kier molecular flexibility index (Phi) is 9.09. The molecule has 0 amide bonds. The van der Waals surface area contributed by atoms with Crippen molar-refractivity contribution in [1.29, 1.82) is 0 Å². The van der Waals surface area contributed by atoms with Gasteiger partial charge in [-0.1, -0.05) is 107 Å². The van der Waals surface area contributed by atoms with E-state index in [4.69, 9.17) is 9.72 Å². The van der Waals surface area contributed by atoms with E-state index in [9.17, 15) is 0 Å². The number of ether oxygens (including phenoxy) is 1. The monoisotopic (exact) mass is 732 g/mol. The molecule has 0 atom stereocenters. The van der Waals surface area contributed by atoms with Crippen molar-refractivity contribution in [2.75, 3.05) is 16.5 Å². The average molecular weight is 733 g/mol. The fourth-order valence-corrected chi connectivity index (χ4v) is 8.34. The number of hydrogen-bond acceptors (Lipinski definition) is 4. The molecule has 0 N–H and O–H groups in total. The van der Waals surface area contributed by atoms with Crippen LogP contribution in [0.2, 0.25) is 0 Å². The third-order valence-electron chi connectivity index (χ3n) is 11.4. The van der Waals surface area contributed by atoms with Crippen LogP contribution < -0.4 is 14.5 Å². The van der Waals surface area contributed by atoms with Crippen molar-refractivity contribution >= 4 is 44.6 Å². The maximum absolute atomic E-state index is 6.71. The van der Waals surface area contributed by atoms with Crippen LogP contribution >= 0.6 is 0 Å². The van der Waals surface area contributed by atoms with Gasteiger partial charge in [-0.3, -0.25) is 4.57 Å². The van der Waals surface area contributed by atoms with Gasteiger partial charge in [0, 0.05) is 40.5 Å². The molecule has 1 aliphatic rings. The second-order valence-electron chi connectivity index (χ2n) is 16.0. The maximum atomic E-state index is 6.71. The van der Waals surface area contributed by atoms with Gasteiger partial charge in [-0.15, -0.1) is 0 Å². The summed E-state index contributed by atoms with van der Waals surface area (Å²) in [6, 6.07) is 54.3. The van der Waals surface area contributed by atoms with Crippen LogP contribution in [-0.4, -0.2) is 16.2 Å². The van der Waals surface area contributed by atoms with Gasteiger partial charge in [0.05, 0.1) is 22.4 Å². The van der Waals surface area contributed by atoms with E-state index in [1.807, 2.05) is 12.3 Å². The first-order chi connectivity index (χ1) is 27.3. The quantitative estimate of drug-likeness (QED) is 0.148. The van der Waals surface area contributed by atoms with Gasteiger partial charge in [0.1, 0.15) is 24.0 Å². The van der Waals surface area contributed by atoms with Gasteiger partial charge >= 0.3 is 0 Å². The summed E-state index contributed by atoms with van der Waals surface area (Å²) >= 11 is 0. The van der Waals surface area contributed by atoms with E-state index in [2.05, 4.69) is 195 Å². The predicted molar refractivity (Wildman–Crippen MR) is 235 cm³/mol. The van der Waals surface area contributed by atoms with E-state index in [0.717, 1.165) is 46.9 Å². The molecule has 278 valence electrons. The first-order valence-electron chi connectivity index (χ1n) is 19.9. The molecule has 1 aliphatic heterocycles. The minimum atomic E-state index is -0.00472. The number of benzene rings is 6. The van der Waals surface area contributed by atoms with E-state index in [0.29, 0.717) is 12.6 Å². The fourth-order valence-electron chi connectivity index (χ4n) is 8.34. The summed E-state index contributed by atoms with van der Waals surface area (Å²) in [7, 11) is 0. The van der Waals surface area contributed by atoms with Crippen molar-refractivity contribution in [3.8, 4) is 28.4 Å². The van der Waals surface area contributed by atoms with Gasteiger partial charge in [-0.2, -0.15) is 0 Å². The lowest BCUT2D eigenvalue weighted by atomic mass is 9.85. The van der Waals surface area contributed by atoms with E-state index in [1.54, 1.807) is 0 Å². The number of rotatable bonds is 9. The van der Waals surface area contributed by atoms with Crippen LogP contribution in [0.15, 0.2) is 158 Å². The Morgan fingerprint density at radius 3 is 2.05 bits per heavy atom. The second-order valence-corrected chi connectivity index (χ2v) is 16.0. The first-order valence-corrected chi connectivity index (χ1v) is 19.9. The van der Waals surface area contributed by atoms with Gasteiger partial charge in [-0.05, 0) is 113 Å². The van der Waals surface area contributed by atoms with Gasteiger partial charge in [0.25, 0.3) is 0 Å². The first kappa shape index (κ1) is 35.4. The number of hydrogen-bond donors (Lipinski definition) is 0. The Bertz CT molecular complexity index is 2680. The van der Waals surface area contributed by atoms with Crippen LogP contribution in [0.25, 0.3) is 38.8 Å². The lowest BCUT2D eigenvalue weighted by molar-refractivity contribution is 0.483. The Morgan fingerprint density at radius 2 is 1.29 bits per heavy atom. The van der Waals surface area contributed by atoms with Gasteiger partial charge in [0.15, 0.2) is 0 Å². The highest BCUT2D eigenvalue weighted by molar-refractivity contribution is 6.09. The zero-order valence-corrected chi connectivity index (χ0v) is 32.9. The maximum Gasteiger partial charge on any atom is 0.137 e. The topological polar surface area (TPSA) is 33.5 Å². The molecule has 2 aromatic heterocycles. The van der Waals surface area contributed by atoms with Crippen LogP contribution in [0.5, 0.6) is 11.5 Å². The summed E-state index contributed by atoms with van der Waals surface area (Å²) in [4.78, 5) is 9.72. The zero-order chi connectivity index (χ0) is 38.4. The van der Waals surface area contributed by atoms with Crippen molar-refractivity contribution in [1.82, 2.24) is 9.55 Å². The molecule has 5 nitrogen and oxygen atoms in total. The van der Waals surface area contributed by atoms with Crippen molar-refractivity contribution in [3.05, 3.63) is 169 Å². The number of aromatic nitrogens is 2. The van der Waals surface area contributed by atoms with Gasteiger partial charge in [-0.25, -0.2) is 4.98 Å². The molecule has 5 heteroatoms. The molecule has 0 bridgehead atoms. The third kappa shape index (κ3) is 6.47. The van der Waals surface area contributed by atoms with Crippen LogP contribution in [0.3, 0.4) is 0 Å². The summed E-state index contributed by atoms with van der Waals surface area (Å²) in [5, 5.41) is 2.38. The normalized spacial score (nSPS) is 12.9. The van der Waals surface area contributed by atoms with Crippen molar-refractivity contribution in [2.45, 2.75) is 58.8 Å². The van der Waals surface area contributed by atoms with Gasteiger partial charge < -0.3 is 14.5 Å². The summed E-state index contributed by atoms with van der Waals surface area (Å²) in [6.07, 6.45) is 4.16. The molecule has 6 aromatic carbocycles. The summed E-state index contributed by atoms with van der Waals surface area (Å²) < 4.78 is 9.00. The molecule has 0 fully saturated rings. The molecule has 0 unspecified atom stereocenters. The molecule has 3 heterocycles. The molecular formula is C51H48N4O. The highest BCUT2D eigenvalue weighted by atomic mass is 16.5. The Labute approximate surface area is 330 Å². The second kappa shape index (κ2) is 14.4. The largest absolute Gasteiger partial charge is 0.457 e. The smallest absolute Gasteiger partial charge is 0.137 e. The number of fused-ring (bicyclic) bond motifs is 4. The Morgan fingerprint density at radius 1 is 0.589 bits per heavy atom. The standard InChI is InChI=1S/C51H48N4O/c1-6-35(7-2)37-26-27-52-50(30-37)55-46-21-12-11-20-44(46)45-25-24-43(33-49(45)55)56-42-19-15-18-40(32-42)53-34-54(48-23-14-13-22-47(48)53)41-29-38(36-16-9-8-10-17-36)28-39(31-41)51(3,4)5/h8-33,35H,6-7,34H2,1-5H3. The Hall–Kier alpha value is -6.33. The number of anilines is 4. The molecule has 0 saturated heterocycles. The van der Waals surface area contributed by atoms with Crippen LogP contribution in [0.4, 0.5) is 22.7 Å². The zero-order valence-electron chi connectivity index (χ0n) is 32.9.